The third-order valence-corrected chi connectivity index (χ3v) is 4.07. The molecular formula is C13H23NO2. The average molecular weight is 225 g/mol. The van der Waals surface area contributed by atoms with E-state index in [0.29, 0.717) is 17.9 Å². The van der Waals surface area contributed by atoms with Gasteiger partial charge >= 0.3 is 0 Å². The molecule has 0 aliphatic heterocycles. The van der Waals surface area contributed by atoms with Crippen molar-refractivity contribution in [2.75, 3.05) is 20.3 Å². The maximum absolute atomic E-state index is 11.4. The molecule has 92 valence electrons. The number of hydrogen-bond donors (Lipinski definition) is 0. The summed E-state index contributed by atoms with van der Waals surface area (Å²) in [7, 11) is 1.75. The van der Waals surface area contributed by atoms with Gasteiger partial charge < -0.3 is 4.74 Å². The molecule has 0 amide bonds. The molecule has 0 aromatic heterocycles. The summed E-state index contributed by atoms with van der Waals surface area (Å²) < 4.78 is 5.18. The van der Waals surface area contributed by atoms with Gasteiger partial charge in [0, 0.05) is 38.6 Å². The maximum atomic E-state index is 11.4. The Hall–Kier alpha value is -0.410. The highest BCUT2D eigenvalue weighted by Crippen LogP contribution is 2.37. The summed E-state index contributed by atoms with van der Waals surface area (Å²) in [5, 5.41) is 0. The van der Waals surface area contributed by atoms with Crippen molar-refractivity contribution in [2.24, 2.45) is 5.92 Å². The second-order valence-electron chi connectivity index (χ2n) is 5.24. The monoisotopic (exact) mass is 225 g/mol. The molecule has 2 rings (SSSR count). The lowest BCUT2D eigenvalue weighted by atomic mass is 10.1. The van der Waals surface area contributed by atoms with Crippen LogP contribution < -0.4 is 0 Å². The zero-order chi connectivity index (χ0) is 11.5. The molecule has 2 unspecified atom stereocenters. The van der Waals surface area contributed by atoms with Gasteiger partial charge in [0.2, 0.25) is 0 Å². The van der Waals surface area contributed by atoms with E-state index in [4.69, 9.17) is 4.74 Å². The third kappa shape index (κ3) is 2.83. The topological polar surface area (TPSA) is 29.5 Å². The summed E-state index contributed by atoms with van der Waals surface area (Å²) in [5.74, 6) is 1.31. The first-order valence-electron chi connectivity index (χ1n) is 6.48. The van der Waals surface area contributed by atoms with Crippen LogP contribution in [0.15, 0.2) is 0 Å². The molecule has 2 saturated carbocycles. The van der Waals surface area contributed by atoms with Crippen LogP contribution in [0.1, 0.15) is 39.0 Å². The average Bonchev–Trinajstić information content (AvgIpc) is 3.03. The molecule has 0 aromatic rings. The van der Waals surface area contributed by atoms with Crippen LogP contribution >= 0.6 is 0 Å². The molecule has 0 aromatic carbocycles. The molecule has 3 heteroatoms. The number of methoxy groups -OCH3 is 1. The Labute approximate surface area is 98.1 Å². The molecule has 0 N–H and O–H groups in total. The lowest BCUT2D eigenvalue weighted by Crippen LogP contribution is -2.43. The highest BCUT2D eigenvalue weighted by Gasteiger charge is 2.37. The predicted molar refractivity (Wildman–Crippen MR) is 63.4 cm³/mol. The minimum atomic E-state index is 0.440. The van der Waals surface area contributed by atoms with Gasteiger partial charge in [-0.3, -0.25) is 9.69 Å². The fourth-order valence-electron chi connectivity index (χ4n) is 2.84. The van der Waals surface area contributed by atoms with Gasteiger partial charge in [0.05, 0.1) is 6.61 Å². The zero-order valence-corrected chi connectivity index (χ0v) is 10.4. The molecule has 3 nitrogen and oxygen atoms in total. The van der Waals surface area contributed by atoms with Gasteiger partial charge in [0.25, 0.3) is 0 Å². The van der Waals surface area contributed by atoms with E-state index in [1.165, 1.54) is 12.8 Å². The van der Waals surface area contributed by atoms with Gasteiger partial charge in [-0.2, -0.15) is 0 Å². The molecule has 2 aliphatic rings. The first-order valence-corrected chi connectivity index (χ1v) is 6.48. The summed E-state index contributed by atoms with van der Waals surface area (Å²) in [6.07, 6.45) is 5.34. The van der Waals surface area contributed by atoms with Crippen LogP contribution in [0.4, 0.5) is 0 Å². The Morgan fingerprint density at radius 3 is 2.69 bits per heavy atom. The molecule has 2 atom stereocenters. The van der Waals surface area contributed by atoms with E-state index >= 15 is 0 Å². The highest BCUT2D eigenvalue weighted by molar-refractivity contribution is 5.81. The molecular weight excluding hydrogens is 202 g/mol. The fraction of sp³-hybridized carbons (Fsp3) is 0.923. The van der Waals surface area contributed by atoms with E-state index in [1.807, 2.05) is 0 Å². The highest BCUT2D eigenvalue weighted by atomic mass is 16.5. The first kappa shape index (κ1) is 12.1. The van der Waals surface area contributed by atoms with Crippen molar-refractivity contribution in [1.82, 2.24) is 4.90 Å². The van der Waals surface area contributed by atoms with Gasteiger partial charge in [-0.05, 0) is 32.1 Å². The Balaban J connectivity index is 1.92. The van der Waals surface area contributed by atoms with E-state index in [9.17, 15) is 4.79 Å². The number of carbonyl (C=O) groups excluding carboxylic acids is 1. The van der Waals surface area contributed by atoms with Crippen molar-refractivity contribution in [3.8, 4) is 0 Å². The summed E-state index contributed by atoms with van der Waals surface area (Å²) in [6.45, 7) is 4.07. The largest absolute Gasteiger partial charge is 0.383 e. The van der Waals surface area contributed by atoms with E-state index in [0.717, 1.165) is 38.3 Å². The predicted octanol–water partition coefficient (Wildman–Crippen LogP) is 1.85. The van der Waals surface area contributed by atoms with Gasteiger partial charge in [-0.15, -0.1) is 0 Å². The van der Waals surface area contributed by atoms with Gasteiger partial charge in [0.1, 0.15) is 5.78 Å². The normalized spacial score (nSPS) is 27.7. The number of rotatable bonds is 6. The molecule has 0 spiro atoms. The molecule has 0 heterocycles. The van der Waals surface area contributed by atoms with Gasteiger partial charge in [-0.25, -0.2) is 0 Å². The van der Waals surface area contributed by atoms with E-state index in [1.54, 1.807) is 7.11 Å². The lowest BCUT2D eigenvalue weighted by molar-refractivity contribution is -0.117. The van der Waals surface area contributed by atoms with Crippen LogP contribution in [0.25, 0.3) is 0 Å². The van der Waals surface area contributed by atoms with E-state index in [-0.39, 0.29) is 0 Å². The first-order chi connectivity index (χ1) is 7.72. The second kappa shape index (κ2) is 5.28. The van der Waals surface area contributed by atoms with Crippen LogP contribution in [0.5, 0.6) is 0 Å². The van der Waals surface area contributed by atoms with Gasteiger partial charge in [0.15, 0.2) is 0 Å². The van der Waals surface area contributed by atoms with Crippen molar-refractivity contribution in [2.45, 2.75) is 51.1 Å². The Morgan fingerprint density at radius 2 is 2.19 bits per heavy atom. The summed E-state index contributed by atoms with van der Waals surface area (Å²) in [6, 6.07) is 1.12. The van der Waals surface area contributed by atoms with Crippen molar-refractivity contribution >= 4 is 5.78 Å². The Bertz CT molecular complexity index is 250. The smallest absolute Gasteiger partial charge is 0.134 e. The molecule has 2 aliphatic carbocycles. The summed E-state index contributed by atoms with van der Waals surface area (Å²) in [5.41, 5.74) is 0. The SMILES string of the molecule is COCCN(C1CCC(=O)C1)C(C)C1CC1. The third-order valence-electron chi connectivity index (χ3n) is 4.07. The summed E-state index contributed by atoms with van der Waals surface area (Å²) in [4.78, 5) is 13.9. The van der Waals surface area contributed by atoms with Gasteiger partial charge in [-0.1, -0.05) is 0 Å². The fourth-order valence-corrected chi connectivity index (χ4v) is 2.84. The number of ether oxygens (including phenoxy) is 1. The number of carbonyl (C=O) groups is 1. The number of ketones is 1. The number of hydrogen-bond acceptors (Lipinski definition) is 3. The molecule has 16 heavy (non-hydrogen) atoms. The van der Waals surface area contributed by atoms with Crippen LogP contribution in [0.3, 0.4) is 0 Å². The molecule has 0 bridgehead atoms. The molecule has 0 saturated heterocycles. The van der Waals surface area contributed by atoms with E-state index in [2.05, 4.69) is 11.8 Å². The minimum Gasteiger partial charge on any atom is -0.383 e. The molecule has 0 radical (unpaired) electrons. The number of Topliss-reactive ketones (excluding diaryl/α,β-unsaturated/α-hetero) is 1. The standard InChI is InChI=1S/C13H23NO2/c1-10(11-3-4-11)14(7-8-16-2)12-5-6-13(15)9-12/h10-12H,3-9H2,1-2H3. The Kier molecular flexibility index (Phi) is 3.98. The Morgan fingerprint density at radius 1 is 1.44 bits per heavy atom. The van der Waals surface area contributed by atoms with Crippen molar-refractivity contribution in [3.63, 3.8) is 0 Å². The second-order valence-corrected chi connectivity index (χ2v) is 5.24. The maximum Gasteiger partial charge on any atom is 0.134 e. The van der Waals surface area contributed by atoms with Crippen LogP contribution in [0.2, 0.25) is 0 Å². The zero-order valence-electron chi connectivity index (χ0n) is 10.4. The number of nitrogens with zero attached hydrogens (tertiary/aromatic N) is 1. The van der Waals surface area contributed by atoms with Crippen molar-refractivity contribution < 1.29 is 9.53 Å². The van der Waals surface area contributed by atoms with Crippen LogP contribution in [0, 0.1) is 5.92 Å². The molecule has 2 fully saturated rings. The summed E-state index contributed by atoms with van der Waals surface area (Å²) >= 11 is 0. The van der Waals surface area contributed by atoms with Crippen molar-refractivity contribution in [3.05, 3.63) is 0 Å². The van der Waals surface area contributed by atoms with E-state index < -0.39 is 0 Å². The van der Waals surface area contributed by atoms with Crippen LogP contribution in [-0.4, -0.2) is 43.0 Å². The van der Waals surface area contributed by atoms with Crippen molar-refractivity contribution in [1.29, 1.82) is 0 Å². The lowest BCUT2D eigenvalue weighted by Gasteiger charge is -2.34. The van der Waals surface area contributed by atoms with Crippen LogP contribution in [-0.2, 0) is 9.53 Å². The minimum absolute atomic E-state index is 0.440. The quantitative estimate of drug-likeness (QED) is 0.691.